The van der Waals surface area contributed by atoms with E-state index in [1.165, 1.54) is 96.3 Å². The average molecular weight is 1150 g/mol. The predicted octanol–water partition coefficient (Wildman–Crippen LogP) is 23.7. The van der Waals surface area contributed by atoms with Crippen LogP contribution in [-0.4, -0.2) is 37.2 Å². The van der Waals surface area contributed by atoms with E-state index in [0.29, 0.717) is 19.3 Å². The summed E-state index contributed by atoms with van der Waals surface area (Å²) in [7, 11) is 0. The van der Waals surface area contributed by atoms with Gasteiger partial charge in [0.25, 0.3) is 0 Å². The Morgan fingerprint density at radius 2 is 0.470 bits per heavy atom. The Bertz CT molecular complexity index is 1840. The van der Waals surface area contributed by atoms with Crippen molar-refractivity contribution in [3.63, 3.8) is 0 Å². The Morgan fingerprint density at radius 3 is 0.747 bits per heavy atom. The van der Waals surface area contributed by atoms with Crippen LogP contribution in [0.4, 0.5) is 0 Å². The molecule has 0 spiro atoms. The maximum Gasteiger partial charge on any atom is 0.306 e. The van der Waals surface area contributed by atoms with Gasteiger partial charge in [0.05, 0.1) is 0 Å². The monoisotopic (exact) mass is 1140 g/mol. The second-order valence-corrected chi connectivity index (χ2v) is 22.0. The van der Waals surface area contributed by atoms with Gasteiger partial charge in [0, 0.05) is 19.3 Å². The van der Waals surface area contributed by atoms with E-state index in [-0.39, 0.29) is 31.1 Å². The molecule has 0 heterocycles. The minimum Gasteiger partial charge on any atom is -0.462 e. The topological polar surface area (TPSA) is 78.9 Å². The molecule has 0 rings (SSSR count). The van der Waals surface area contributed by atoms with E-state index < -0.39 is 6.10 Å². The number of rotatable bonds is 60. The molecule has 0 aromatic heterocycles. The first-order valence-corrected chi connectivity index (χ1v) is 34.0. The van der Waals surface area contributed by atoms with Gasteiger partial charge in [0.1, 0.15) is 13.2 Å². The molecule has 1 unspecified atom stereocenters. The molecule has 0 fully saturated rings. The molecular formula is C77H124O6. The lowest BCUT2D eigenvalue weighted by Gasteiger charge is -2.18. The van der Waals surface area contributed by atoms with Crippen molar-refractivity contribution >= 4 is 17.9 Å². The van der Waals surface area contributed by atoms with Gasteiger partial charge in [-0.25, -0.2) is 0 Å². The normalized spacial score (nSPS) is 13.1. The van der Waals surface area contributed by atoms with Crippen LogP contribution in [0.3, 0.4) is 0 Å². The van der Waals surface area contributed by atoms with E-state index in [0.717, 1.165) is 154 Å². The number of esters is 3. The fraction of sp³-hybridized carbons (Fsp3) is 0.623. The van der Waals surface area contributed by atoms with E-state index in [9.17, 15) is 14.4 Å². The first-order chi connectivity index (χ1) is 41.0. The SMILES string of the molecule is CC/C=C\C/C=C\C/C=C\C/C=C\C/C=C\C/C=C\C/C=C\CCCCCCCCCC(=O)OCC(COC(=O)CCCCC/C=C\C/C=C\C/C=C\CC)OC(=O)CCCCCCCCCC/C=C\C/C=C\C/C=C\CCCCCCC. The van der Waals surface area contributed by atoms with Gasteiger partial charge in [0.15, 0.2) is 6.10 Å². The molecule has 0 saturated carbocycles. The molecule has 0 aliphatic carbocycles. The Morgan fingerprint density at radius 1 is 0.253 bits per heavy atom. The highest BCUT2D eigenvalue weighted by Gasteiger charge is 2.19. The van der Waals surface area contributed by atoms with Gasteiger partial charge >= 0.3 is 17.9 Å². The number of carbonyl (C=O) groups excluding carboxylic acids is 3. The summed E-state index contributed by atoms with van der Waals surface area (Å²) < 4.78 is 16.9. The lowest BCUT2D eigenvalue weighted by molar-refractivity contribution is -0.167. The maximum absolute atomic E-state index is 12.9. The zero-order valence-corrected chi connectivity index (χ0v) is 53.7. The van der Waals surface area contributed by atoms with Crippen LogP contribution in [0.25, 0.3) is 0 Å². The predicted molar refractivity (Wildman–Crippen MR) is 362 cm³/mol. The van der Waals surface area contributed by atoms with Crippen molar-refractivity contribution in [3.8, 4) is 0 Å². The van der Waals surface area contributed by atoms with Gasteiger partial charge in [-0.1, -0.05) is 281 Å². The van der Waals surface area contributed by atoms with Crippen LogP contribution in [-0.2, 0) is 28.6 Å². The molecule has 0 bridgehead atoms. The minimum atomic E-state index is -0.808. The standard InChI is InChI=1S/C77H124O6/c1-4-7-10-13-16-19-22-25-27-29-31-33-35-36-37-38-39-40-42-43-45-47-49-52-55-58-61-64-67-70-76(79)82-73-74(72-81-75(78)69-66-63-60-57-54-51-24-21-18-15-12-9-6-3)83-77(80)71-68-65-62-59-56-53-50-48-46-44-41-34-32-30-28-26-23-20-17-14-11-8-5-2/h7,9-10,12,16,18-19,21,23,25-27,30-33,36-37,39-41,43-45,51,54,74H,4-6,8,11,13-15,17,20,22,24,28-29,34-35,38,42,46-50,52-53,55-73H2,1-3H3/b10-7-,12-9-,19-16-,21-18-,26-23-,27-25-,32-30-,33-31-,37-36-,40-39-,44-41-,45-43-,54-51-. The van der Waals surface area contributed by atoms with Gasteiger partial charge in [-0.15, -0.1) is 0 Å². The average Bonchev–Trinajstić information content (AvgIpc) is 3.49. The third-order valence-electron chi connectivity index (χ3n) is 14.0. The van der Waals surface area contributed by atoms with Gasteiger partial charge in [-0.3, -0.25) is 14.4 Å². The minimum absolute atomic E-state index is 0.102. The third kappa shape index (κ3) is 67.7. The lowest BCUT2D eigenvalue weighted by Crippen LogP contribution is -2.30. The van der Waals surface area contributed by atoms with Crippen molar-refractivity contribution < 1.29 is 28.6 Å². The molecule has 0 aliphatic heterocycles. The Balaban J connectivity index is 4.39. The van der Waals surface area contributed by atoms with Gasteiger partial charge < -0.3 is 14.2 Å². The molecule has 1 atom stereocenters. The van der Waals surface area contributed by atoms with Gasteiger partial charge in [0.2, 0.25) is 0 Å². The van der Waals surface area contributed by atoms with Gasteiger partial charge in [-0.05, 0) is 148 Å². The molecule has 0 saturated heterocycles. The number of hydrogen-bond acceptors (Lipinski definition) is 6. The second kappa shape index (κ2) is 69.5. The molecule has 6 nitrogen and oxygen atoms in total. The molecule has 0 radical (unpaired) electrons. The smallest absolute Gasteiger partial charge is 0.306 e. The largest absolute Gasteiger partial charge is 0.462 e. The zero-order chi connectivity index (χ0) is 59.9. The quantitative estimate of drug-likeness (QED) is 0.0261. The van der Waals surface area contributed by atoms with Crippen molar-refractivity contribution in [3.05, 3.63) is 158 Å². The number of unbranched alkanes of at least 4 members (excludes halogenated alkanes) is 23. The van der Waals surface area contributed by atoms with E-state index in [1.54, 1.807) is 0 Å². The highest BCUT2D eigenvalue weighted by molar-refractivity contribution is 5.71. The van der Waals surface area contributed by atoms with Crippen LogP contribution < -0.4 is 0 Å². The van der Waals surface area contributed by atoms with Crippen molar-refractivity contribution in [2.45, 2.75) is 297 Å². The Hall–Kier alpha value is -4.97. The fourth-order valence-corrected chi connectivity index (χ4v) is 8.97. The van der Waals surface area contributed by atoms with Crippen LogP contribution in [0, 0.1) is 0 Å². The first-order valence-electron chi connectivity index (χ1n) is 34.0. The van der Waals surface area contributed by atoms with Crippen LogP contribution >= 0.6 is 0 Å². The first kappa shape index (κ1) is 78.0. The summed E-state index contributed by atoms with van der Waals surface area (Å²) in [5.41, 5.74) is 0. The zero-order valence-electron chi connectivity index (χ0n) is 53.7. The van der Waals surface area contributed by atoms with Gasteiger partial charge in [-0.2, -0.15) is 0 Å². The van der Waals surface area contributed by atoms with Crippen LogP contribution in [0.1, 0.15) is 290 Å². The van der Waals surface area contributed by atoms with E-state index in [4.69, 9.17) is 14.2 Å². The maximum atomic E-state index is 12.9. The summed E-state index contributed by atoms with van der Waals surface area (Å²) in [4.78, 5) is 38.4. The van der Waals surface area contributed by atoms with Crippen LogP contribution in [0.5, 0.6) is 0 Å². The number of carbonyl (C=O) groups is 3. The van der Waals surface area contributed by atoms with Crippen molar-refractivity contribution in [2.75, 3.05) is 13.2 Å². The molecule has 0 aliphatic rings. The van der Waals surface area contributed by atoms with E-state index >= 15 is 0 Å². The van der Waals surface area contributed by atoms with Crippen LogP contribution in [0.15, 0.2) is 158 Å². The summed E-state index contributed by atoms with van der Waals surface area (Å²) in [6.45, 7) is 6.36. The molecule has 0 N–H and O–H groups in total. The van der Waals surface area contributed by atoms with E-state index in [2.05, 4.69) is 179 Å². The molecule has 0 aromatic carbocycles. The summed E-state index contributed by atoms with van der Waals surface area (Å²) >= 11 is 0. The number of ether oxygens (including phenoxy) is 3. The second-order valence-electron chi connectivity index (χ2n) is 22.0. The number of allylic oxidation sites excluding steroid dienone is 26. The highest BCUT2D eigenvalue weighted by Crippen LogP contribution is 2.15. The van der Waals surface area contributed by atoms with E-state index in [1.807, 2.05) is 0 Å². The summed E-state index contributed by atoms with van der Waals surface area (Å²) in [5.74, 6) is -0.950. The Kier molecular flexibility index (Phi) is 65.4. The summed E-state index contributed by atoms with van der Waals surface area (Å²) in [6.07, 6.45) is 101. The van der Waals surface area contributed by atoms with Crippen molar-refractivity contribution in [1.29, 1.82) is 0 Å². The molecule has 0 aromatic rings. The lowest BCUT2D eigenvalue weighted by atomic mass is 10.1. The molecule has 83 heavy (non-hydrogen) atoms. The molecule has 6 heteroatoms. The fourth-order valence-electron chi connectivity index (χ4n) is 8.97. The molecule has 468 valence electrons. The molecular weight excluding hydrogens is 1020 g/mol. The highest BCUT2D eigenvalue weighted by atomic mass is 16.6. The third-order valence-corrected chi connectivity index (χ3v) is 14.0. The summed E-state index contributed by atoms with van der Waals surface area (Å²) in [5, 5.41) is 0. The van der Waals surface area contributed by atoms with Crippen LogP contribution in [0.2, 0.25) is 0 Å². The van der Waals surface area contributed by atoms with Crippen molar-refractivity contribution in [1.82, 2.24) is 0 Å². The number of hydrogen-bond donors (Lipinski definition) is 0. The van der Waals surface area contributed by atoms with Crippen molar-refractivity contribution in [2.24, 2.45) is 0 Å². The Labute approximate surface area is 511 Å². The molecule has 0 amide bonds. The summed E-state index contributed by atoms with van der Waals surface area (Å²) in [6, 6.07) is 0.